The fourth-order valence-corrected chi connectivity index (χ4v) is 3.21. The first kappa shape index (κ1) is 18.8. The van der Waals surface area contributed by atoms with E-state index < -0.39 is 24.6 Å². The number of aliphatic hydroxyl groups is 3. The molecule has 28 heavy (non-hydrogen) atoms. The molecule has 3 aromatic rings. The first-order valence-corrected chi connectivity index (χ1v) is 9.11. The van der Waals surface area contributed by atoms with Crippen LogP contribution in [0, 0.1) is 13.8 Å². The molecule has 2 heterocycles. The Balaban J connectivity index is 1.72. The SMILES string of the molecule is Cc1cc2nc(OC[C@H]3O[C@@H](O)[C@H](O)[C@@H]3O)c(-c3ccccc3)nc2cc1C. The maximum atomic E-state index is 9.98. The van der Waals surface area contributed by atoms with E-state index in [2.05, 4.69) is 4.98 Å². The Morgan fingerprint density at radius 2 is 1.57 bits per heavy atom. The molecule has 2 aromatic carbocycles. The van der Waals surface area contributed by atoms with Gasteiger partial charge in [0.15, 0.2) is 6.29 Å². The van der Waals surface area contributed by atoms with Crippen molar-refractivity contribution in [2.45, 2.75) is 38.4 Å². The van der Waals surface area contributed by atoms with Crippen LogP contribution in [-0.4, -0.2) is 56.5 Å². The molecule has 4 rings (SSSR count). The van der Waals surface area contributed by atoms with Gasteiger partial charge in [-0.1, -0.05) is 30.3 Å². The van der Waals surface area contributed by atoms with Gasteiger partial charge in [0.2, 0.25) is 5.88 Å². The molecule has 7 nitrogen and oxygen atoms in total. The predicted octanol–water partition coefficient (Wildman–Crippen LogP) is 1.73. The van der Waals surface area contributed by atoms with Gasteiger partial charge in [0.1, 0.15) is 30.6 Å². The van der Waals surface area contributed by atoms with Gasteiger partial charge in [-0.3, -0.25) is 0 Å². The van der Waals surface area contributed by atoms with E-state index in [1.807, 2.05) is 56.3 Å². The molecule has 0 bridgehead atoms. The Morgan fingerprint density at radius 3 is 2.18 bits per heavy atom. The lowest BCUT2D eigenvalue weighted by atomic mass is 10.1. The van der Waals surface area contributed by atoms with Crippen LogP contribution in [0.25, 0.3) is 22.3 Å². The number of aliphatic hydroxyl groups excluding tert-OH is 3. The van der Waals surface area contributed by atoms with Crippen LogP contribution in [0.3, 0.4) is 0 Å². The minimum atomic E-state index is -1.44. The summed E-state index contributed by atoms with van der Waals surface area (Å²) in [7, 11) is 0. The normalized spacial score (nSPS) is 24.6. The first-order valence-electron chi connectivity index (χ1n) is 9.11. The van der Waals surface area contributed by atoms with Crippen molar-refractivity contribution < 1.29 is 24.8 Å². The molecule has 3 N–H and O–H groups in total. The molecule has 0 radical (unpaired) electrons. The zero-order chi connectivity index (χ0) is 19.8. The van der Waals surface area contributed by atoms with Crippen molar-refractivity contribution in [3.05, 3.63) is 53.6 Å². The lowest BCUT2D eigenvalue weighted by Crippen LogP contribution is -2.35. The minimum Gasteiger partial charge on any atom is -0.473 e. The third kappa shape index (κ3) is 3.45. The lowest BCUT2D eigenvalue weighted by molar-refractivity contribution is -0.131. The molecular weight excluding hydrogens is 360 g/mol. The molecule has 7 heteroatoms. The van der Waals surface area contributed by atoms with Gasteiger partial charge in [-0.25, -0.2) is 9.97 Å². The Bertz CT molecular complexity index is 995. The van der Waals surface area contributed by atoms with E-state index in [4.69, 9.17) is 14.5 Å². The van der Waals surface area contributed by atoms with Gasteiger partial charge in [0, 0.05) is 5.56 Å². The molecule has 1 fully saturated rings. The highest BCUT2D eigenvalue weighted by Crippen LogP contribution is 2.30. The largest absolute Gasteiger partial charge is 0.473 e. The third-order valence-corrected chi connectivity index (χ3v) is 5.02. The topological polar surface area (TPSA) is 105 Å². The second-order valence-corrected chi connectivity index (χ2v) is 7.03. The Morgan fingerprint density at radius 1 is 0.929 bits per heavy atom. The summed E-state index contributed by atoms with van der Waals surface area (Å²) in [6.07, 6.45) is -4.92. The molecule has 1 aromatic heterocycles. The van der Waals surface area contributed by atoms with E-state index >= 15 is 0 Å². The molecule has 0 amide bonds. The first-order chi connectivity index (χ1) is 13.4. The summed E-state index contributed by atoms with van der Waals surface area (Å²) in [5, 5.41) is 29.2. The van der Waals surface area contributed by atoms with Crippen LogP contribution < -0.4 is 4.74 Å². The summed E-state index contributed by atoms with van der Waals surface area (Å²) in [4.78, 5) is 9.38. The average molecular weight is 382 g/mol. The van der Waals surface area contributed by atoms with E-state index in [1.54, 1.807) is 0 Å². The zero-order valence-corrected chi connectivity index (χ0v) is 15.6. The van der Waals surface area contributed by atoms with Crippen LogP contribution in [0.4, 0.5) is 0 Å². The smallest absolute Gasteiger partial charge is 0.241 e. The number of fused-ring (bicyclic) bond motifs is 1. The molecule has 0 saturated carbocycles. The van der Waals surface area contributed by atoms with Crippen LogP contribution in [0.5, 0.6) is 5.88 Å². The quantitative estimate of drug-likeness (QED) is 0.631. The summed E-state index contributed by atoms with van der Waals surface area (Å²) in [5.74, 6) is 0.300. The average Bonchev–Trinajstić information content (AvgIpc) is 2.94. The molecule has 4 atom stereocenters. The van der Waals surface area contributed by atoms with Crippen LogP contribution >= 0.6 is 0 Å². The molecule has 0 spiro atoms. The van der Waals surface area contributed by atoms with Crippen molar-refractivity contribution in [1.82, 2.24) is 9.97 Å². The van der Waals surface area contributed by atoms with Gasteiger partial charge in [-0.05, 0) is 37.1 Å². The van der Waals surface area contributed by atoms with Crippen molar-refractivity contribution in [3.63, 3.8) is 0 Å². The summed E-state index contributed by atoms with van der Waals surface area (Å²) in [6, 6.07) is 13.5. The highest BCUT2D eigenvalue weighted by atomic mass is 16.7. The minimum absolute atomic E-state index is 0.0832. The molecule has 0 unspecified atom stereocenters. The van der Waals surface area contributed by atoms with Crippen molar-refractivity contribution >= 4 is 11.0 Å². The monoisotopic (exact) mass is 382 g/mol. The van der Waals surface area contributed by atoms with E-state index in [9.17, 15) is 15.3 Å². The van der Waals surface area contributed by atoms with Crippen LogP contribution in [0.15, 0.2) is 42.5 Å². The molecule has 0 aliphatic carbocycles. The summed E-state index contributed by atoms with van der Waals surface area (Å²) in [6.45, 7) is 3.95. The molecule has 1 saturated heterocycles. The van der Waals surface area contributed by atoms with Gasteiger partial charge in [0.25, 0.3) is 0 Å². The van der Waals surface area contributed by atoms with E-state index in [-0.39, 0.29) is 6.61 Å². The number of aryl methyl sites for hydroxylation is 2. The Labute approximate surface area is 162 Å². The third-order valence-electron chi connectivity index (χ3n) is 5.02. The highest BCUT2D eigenvalue weighted by molar-refractivity contribution is 5.81. The van der Waals surface area contributed by atoms with Crippen molar-refractivity contribution in [3.8, 4) is 17.1 Å². The summed E-state index contributed by atoms with van der Waals surface area (Å²) >= 11 is 0. The standard InChI is InChI=1S/C21H22N2O5/c1-11-8-14-15(9-12(11)2)23-20(17(22-14)13-6-4-3-5-7-13)27-10-16-18(24)19(25)21(26)28-16/h3-9,16,18-19,21,24-26H,10H2,1-2H3/t16-,18-,19-,21-/m1/s1. The molecule has 1 aliphatic heterocycles. The second-order valence-electron chi connectivity index (χ2n) is 7.03. The number of ether oxygens (including phenoxy) is 2. The summed E-state index contributed by atoms with van der Waals surface area (Å²) < 4.78 is 11.0. The van der Waals surface area contributed by atoms with E-state index in [0.717, 1.165) is 22.2 Å². The van der Waals surface area contributed by atoms with Crippen LogP contribution in [0.2, 0.25) is 0 Å². The van der Waals surface area contributed by atoms with Crippen LogP contribution in [0.1, 0.15) is 11.1 Å². The van der Waals surface area contributed by atoms with Crippen molar-refractivity contribution in [1.29, 1.82) is 0 Å². The highest BCUT2D eigenvalue weighted by Gasteiger charge is 2.42. The van der Waals surface area contributed by atoms with Gasteiger partial charge in [0.05, 0.1) is 11.0 Å². The maximum absolute atomic E-state index is 9.98. The second kappa shape index (κ2) is 7.44. The molecular formula is C21H22N2O5. The zero-order valence-electron chi connectivity index (χ0n) is 15.6. The van der Waals surface area contributed by atoms with Gasteiger partial charge in [-0.2, -0.15) is 0 Å². The number of hydrogen-bond donors (Lipinski definition) is 3. The lowest BCUT2D eigenvalue weighted by Gasteiger charge is -2.17. The number of nitrogens with zero attached hydrogens (tertiary/aromatic N) is 2. The van der Waals surface area contributed by atoms with Crippen LogP contribution in [-0.2, 0) is 4.74 Å². The summed E-state index contributed by atoms with van der Waals surface area (Å²) in [5.41, 5.74) is 5.10. The van der Waals surface area contributed by atoms with E-state index in [1.165, 1.54) is 0 Å². The van der Waals surface area contributed by atoms with Gasteiger partial charge in [-0.15, -0.1) is 0 Å². The van der Waals surface area contributed by atoms with Gasteiger partial charge >= 0.3 is 0 Å². The number of rotatable bonds is 4. The fraction of sp³-hybridized carbons (Fsp3) is 0.333. The van der Waals surface area contributed by atoms with Crippen molar-refractivity contribution in [2.24, 2.45) is 0 Å². The van der Waals surface area contributed by atoms with Crippen molar-refractivity contribution in [2.75, 3.05) is 6.61 Å². The number of benzene rings is 2. The fourth-order valence-electron chi connectivity index (χ4n) is 3.21. The Hall–Kier alpha value is -2.58. The number of aromatic nitrogens is 2. The molecule has 1 aliphatic rings. The predicted molar refractivity (Wildman–Crippen MR) is 103 cm³/mol. The molecule has 146 valence electrons. The Kier molecular flexibility index (Phi) is 4.99. The van der Waals surface area contributed by atoms with E-state index in [0.29, 0.717) is 17.1 Å². The van der Waals surface area contributed by atoms with Gasteiger partial charge < -0.3 is 24.8 Å². The number of hydrogen-bond acceptors (Lipinski definition) is 7. The maximum Gasteiger partial charge on any atom is 0.241 e.